The van der Waals surface area contributed by atoms with Crippen LogP contribution in [0.1, 0.15) is 13.8 Å². The van der Waals surface area contributed by atoms with Gasteiger partial charge >= 0.3 is 0 Å². The minimum atomic E-state index is 0.516. The molecule has 1 N–H and O–H groups in total. The molecule has 3 heteroatoms. The van der Waals surface area contributed by atoms with Crippen LogP contribution in [0.2, 0.25) is 0 Å². The molecule has 0 aliphatic carbocycles. The summed E-state index contributed by atoms with van der Waals surface area (Å²) >= 11 is 0. The third-order valence-electron chi connectivity index (χ3n) is 2.34. The predicted molar refractivity (Wildman–Crippen MR) is 66.2 cm³/mol. The molecule has 0 aromatic heterocycles. The van der Waals surface area contributed by atoms with Crippen molar-refractivity contribution in [2.45, 2.75) is 13.8 Å². The molecule has 16 heavy (non-hydrogen) atoms. The summed E-state index contributed by atoms with van der Waals surface area (Å²) in [7, 11) is 1.66. The van der Waals surface area contributed by atoms with Gasteiger partial charge in [-0.2, -0.15) is 0 Å². The van der Waals surface area contributed by atoms with Crippen LogP contribution in [0.15, 0.2) is 24.3 Å². The third kappa shape index (κ3) is 4.53. The first-order valence-corrected chi connectivity index (χ1v) is 5.73. The number of ether oxygens (including phenoxy) is 2. The largest absolute Gasteiger partial charge is 0.497 e. The Morgan fingerprint density at radius 3 is 2.38 bits per heavy atom. The summed E-state index contributed by atoms with van der Waals surface area (Å²) in [6, 6.07) is 7.67. The van der Waals surface area contributed by atoms with Gasteiger partial charge in [-0.05, 0) is 30.8 Å². The van der Waals surface area contributed by atoms with E-state index in [0.717, 1.165) is 31.2 Å². The maximum atomic E-state index is 5.67. The van der Waals surface area contributed by atoms with E-state index in [0.29, 0.717) is 5.92 Å². The lowest BCUT2D eigenvalue weighted by atomic mass is 10.2. The van der Waals surface area contributed by atoms with Crippen LogP contribution in [0.4, 0.5) is 0 Å². The van der Waals surface area contributed by atoms with Crippen molar-refractivity contribution < 1.29 is 9.47 Å². The molecule has 0 spiro atoms. The van der Waals surface area contributed by atoms with Gasteiger partial charge in [-0.25, -0.2) is 0 Å². The molecule has 1 unspecified atom stereocenters. The van der Waals surface area contributed by atoms with Gasteiger partial charge in [0.1, 0.15) is 11.5 Å². The van der Waals surface area contributed by atoms with Crippen LogP contribution in [0.3, 0.4) is 0 Å². The first-order valence-electron chi connectivity index (χ1n) is 5.73. The van der Waals surface area contributed by atoms with Crippen molar-refractivity contribution in [2.24, 2.45) is 5.92 Å². The lowest BCUT2D eigenvalue weighted by Crippen LogP contribution is -2.24. The fourth-order valence-electron chi connectivity index (χ4n) is 1.36. The molecule has 1 rings (SSSR count). The Bertz CT molecular complexity index is 284. The minimum absolute atomic E-state index is 0.516. The molecule has 1 aromatic rings. The monoisotopic (exact) mass is 223 g/mol. The van der Waals surface area contributed by atoms with Crippen molar-refractivity contribution in [2.75, 3.05) is 26.8 Å². The highest BCUT2D eigenvalue weighted by Gasteiger charge is 2.02. The summed E-state index contributed by atoms with van der Waals surface area (Å²) in [5.74, 6) is 2.26. The Morgan fingerprint density at radius 2 is 1.81 bits per heavy atom. The quantitative estimate of drug-likeness (QED) is 0.769. The summed E-state index contributed by atoms with van der Waals surface area (Å²) in [5, 5.41) is 3.30. The van der Waals surface area contributed by atoms with Crippen LogP contribution in [-0.2, 0) is 0 Å². The molecule has 0 saturated carbocycles. The summed E-state index contributed by atoms with van der Waals surface area (Å²) in [6.07, 6.45) is 0. The van der Waals surface area contributed by atoms with E-state index in [1.807, 2.05) is 24.3 Å². The molecule has 0 bridgehead atoms. The number of hydrogen-bond donors (Lipinski definition) is 1. The second-order valence-corrected chi connectivity index (χ2v) is 3.90. The third-order valence-corrected chi connectivity index (χ3v) is 2.34. The Hall–Kier alpha value is -1.22. The van der Waals surface area contributed by atoms with Crippen LogP contribution < -0.4 is 14.8 Å². The summed E-state index contributed by atoms with van der Waals surface area (Å²) < 4.78 is 10.8. The van der Waals surface area contributed by atoms with Crippen molar-refractivity contribution in [1.29, 1.82) is 0 Å². The van der Waals surface area contributed by atoms with Crippen molar-refractivity contribution in [1.82, 2.24) is 5.32 Å². The molecule has 1 aromatic carbocycles. The Kier molecular flexibility index (Phi) is 5.72. The number of hydrogen-bond acceptors (Lipinski definition) is 3. The summed E-state index contributed by atoms with van der Waals surface area (Å²) in [6.45, 7) is 7.02. The van der Waals surface area contributed by atoms with Crippen LogP contribution in [-0.4, -0.2) is 26.8 Å². The standard InChI is InChI=1S/C13H21NO2/c1-4-14-9-11(2)10-16-13-7-5-12(15-3)6-8-13/h5-8,11,14H,4,9-10H2,1-3H3. The van der Waals surface area contributed by atoms with Crippen LogP contribution >= 0.6 is 0 Å². The smallest absolute Gasteiger partial charge is 0.119 e. The lowest BCUT2D eigenvalue weighted by Gasteiger charge is -2.13. The number of methoxy groups -OCH3 is 1. The van der Waals surface area contributed by atoms with Gasteiger partial charge in [0.25, 0.3) is 0 Å². The van der Waals surface area contributed by atoms with Gasteiger partial charge in [0, 0.05) is 12.5 Å². The van der Waals surface area contributed by atoms with E-state index in [4.69, 9.17) is 9.47 Å². The Morgan fingerprint density at radius 1 is 1.19 bits per heavy atom. The lowest BCUT2D eigenvalue weighted by molar-refractivity contribution is 0.256. The Balaban J connectivity index is 2.30. The van der Waals surface area contributed by atoms with E-state index >= 15 is 0 Å². The molecule has 0 heterocycles. The van der Waals surface area contributed by atoms with Gasteiger partial charge < -0.3 is 14.8 Å². The molecule has 0 aliphatic heterocycles. The highest BCUT2D eigenvalue weighted by Crippen LogP contribution is 2.17. The molecule has 0 aliphatic rings. The van der Waals surface area contributed by atoms with Gasteiger partial charge in [-0.1, -0.05) is 13.8 Å². The molecule has 0 saturated heterocycles. The molecule has 3 nitrogen and oxygen atoms in total. The zero-order valence-corrected chi connectivity index (χ0v) is 10.3. The molecule has 1 atom stereocenters. The van der Waals surface area contributed by atoms with Gasteiger partial charge in [-0.3, -0.25) is 0 Å². The predicted octanol–water partition coefficient (Wildman–Crippen LogP) is 2.32. The molecule has 0 radical (unpaired) electrons. The highest BCUT2D eigenvalue weighted by molar-refractivity contribution is 5.31. The zero-order chi connectivity index (χ0) is 11.8. The summed E-state index contributed by atoms with van der Waals surface area (Å²) in [4.78, 5) is 0. The van der Waals surface area contributed by atoms with Gasteiger partial charge in [0.2, 0.25) is 0 Å². The van der Waals surface area contributed by atoms with Crippen LogP contribution in [0.25, 0.3) is 0 Å². The van der Waals surface area contributed by atoms with E-state index in [1.165, 1.54) is 0 Å². The SMILES string of the molecule is CCNCC(C)COc1ccc(OC)cc1. The molecular formula is C13H21NO2. The second-order valence-electron chi connectivity index (χ2n) is 3.90. The maximum Gasteiger partial charge on any atom is 0.119 e. The fraction of sp³-hybridized carbons (Fsp3) is 0.538. The first kappa shape index (κ1) is 12.8. The zero-order valence-electron chi connectivity index (χ0n) is 10.3. The summed E-state index contributed by atoms with van der Waals surface area (Å²) in [5.41, 5.74) is 0. The van der Waals surface area contributed by atoms with E-state index < -0.39 is 0 Å². The second kappa shape index (κ2) is 7.12. The van der Waals surface area contributed by atoms with Crippen molar-refractivity contribution in [3.63, 3.8) is 0 Å². The fourth-order valence-corrected chi connectivity index (χ4v) is 1.36. The van der Waals surface area contributed by atoms with Crippen molar-refractivity contribution in [3.8, 4) is 11.5 Å². The molecule has 90 valence electrons. The van der Waals surface area contributed by atoms with E-state index in [-0.39, 0.29) is 0 Å². The van der Waals surface area contributed by atoms with Crippen LogP contribution in [0, 0.1) is 5.92 Å². The minimum Gasteiger partial charge on any atom is -0.497 e. The number of nitrogens with one attached hydrogen (secondary N) is 1. The first-order chi connectivity index (χ1) is 7.76. The maximum absolute atomic E-state index is 5.67. The topological polar surface area (TPSA) is 30.5 Å². The molecule has 0 amide bonds. The number of rotatable bonds is 7. The highest BCUT2D eigenvalue weighted by atomic mass is 16.5. The van der Waals surface area contributed by atoms with Crippen molar-refractivity contribution >= 4 is 0 Å². The number of benzene rings is 1. The average Bonchev–Trinajstić information content (AvgIpc) is 2.34. The Labute approximate surface area is 97.8 Å². The van der Waals surface area contributed by atoms with Gasteiger partial charge in [0.05, 0.1) is 13.7 Å². The van der Waals surface area contributed by atoms with Gasteiger partial charge in [0.15, 0.2) is 0 Å². The van der Waals surface area contributed by atoms with E-state index in [1.54, 1.807) is 7.11 Å². The molecular weight excluding hydrogens is 202 g/mol. The molecule has 0 fully saturated rings. The van der Waals surface area contributed by atoms with E-state index in [9.17, 15) is 0 Å². The van der Waals surface area contributed by atoms with Crippen LogP contribution in [0.5, 0.6) is 11.5 Å². The van der Waals surface area contributed by atoms with E-state index in [2.05, 4.69) is 19.2 Å². The van der Waals surface area contributed by atoms with Crippen molar-refractivity contribution in [3.05, 3.63) is 24.3 Å². The normalized spacial score (nSPS) is 12.2. The van der Waals surface area contributed by atoms with Gasteiger partial charge in [-0.15, -0.1) is 0 Å². The average molecular weight is 223 g/mol.